The highest BCUT2D eigenvalue weighted by Gasteiger charge is 2.28. The van der Waals surface area contributed by atoms with Crippen LogP contribution in [-0.2, 0) is 11.2 Å². The normalized spacial score (nSPS) is 16.7. The van der Waals surface area contributed by atoms with Gasteiger partial charge < -0.3 is 21.1 Å². The quantitative estimate of drug-likeness (QED) is 0.404. The number of hydrogen-bond donors (Lipinski definition) is 4. The number of fused-ring (bicyclic) bond motifs is 1. The van der Waals surface area contributed by atoms with E-state index < -0.39 is 5.97 Å². The van der Waals surface area contributed by atoms with E-state index in [0.717, 1.165) is 30.0 Å². The summed E-state index contributed by atoms with van der Waals surface area (Å²) in [7, 11) is 0. The predicted octanol–water partition coefficient (Wildman–Crippen LogP) is 4.59. The van der Waals surface area contributed by atoms with Gasteiger partial charge in [0.05, 0.1) is 35.4 Å². The molecule has 0 spiro atoms. The van der Waals surface area contributed by atoms with Gasteiger partial charge in [0, 0.05) is 23.9 Å². The minimum atomic E-state index is -0.808. The summed E-state index contributed by atoms with van der Waals surface area (Å²) >= 11 is 1.61. The van der Waals surface area contributed by atoms with E-state index in [2.05, 4.69) is 41.1 Å². The van der Waals surface area contributed by atoms with Crippen molar-refractivity contribution < 1.29 is 9.90 Å². The fraction of sp³-hybridized carbons (Fsp3) is 0.280. The van der Waals surface area contributed by atoms with Crippen molar-refractivity contribution in [2.75, 3.05) is 23.7 Å². The molecule has 4 rings (SSSR count). The van der Waals surface area contributed by atoms with Crippen molar-refractivity contribution in [1.29, 1.82) is 5.26 Å². The molecule has 1 aliphatic heterocycles. The minimum absolute atomic E-state index is 0.0319. The molecule has 0 saturated carbocycles. The second kappa shape index (κ2) is 9.86. The number of carboxylic acids is 1. The Morgan fingerprint density at radius 2 is 2.09 bits per heavy atom. The van der Waals surface area contributed by atoms with Gasteiger partial charge in [0.25, 0.3) is 0 Å². The zero-order chi connectivity index (χ0) is 22.5. The standard InChI is InChI=1S/C25H26N4O2S/c1-16(22-10-17(15-32-22)11-23(30)31)13-28-24(18-6-3-2-4-7-18)21-14-27-20-9-5-8-19(12-26)25(20)29-21/h2-10,15-16,21,24,27-29H,11,13-14H2,1H3,(H,30,31)/t16-,21+,24+/m0/s1. The Morgan fingerprint density at radius 3 is 2.84 bits per heavy atom. The van der Waals surface area contributed by atoms with Crippen molar-refractivity contribution >= 4 is 28.7 Å². The molecule has 1 aliphatic rings. The third-order valence-corrected chi connectivity index (χ3v) is 6.96. The fourth-order valence-electron chi connectivity index (χ4n) is 4.08. The Morgan fingerprint density at radius 1 is 1.28 bits per heavy atom. The van der Waals surface area contributed by atoms with Crippen LogP contribution in [0.5, 0.6) is 0 Å². The molecule has 0 aliphatic carbocycles. The van der Waals surface area contributed by atoms with Crippen LogP contribution in [0.15, 0.2) is 60.0 Å². The molecule has 32 heavy (non-hydrogen) atoms. The highest BCUT2D eigenvalue weighted by Crippen LogP contribution is 2.33. The molecule has 0 saturated heterocycles. The van der Waals surface area contributed by atoms with E-state index in [1.807, 2.05) is 47.8 Å². The lowest BCUT2D eigenvalue weighted by atomic mass is 9.95. The molecule has 6 nitrogen and oxygen atoms in total. The first kappa shape index (κ1) is 21.9. The number of benzene rings is 2. The Labute approximate surface area is 191 Å². The summed E-state index contributed by atoms with van der Waals surface area (Å²) in [6.07, 6.45) is 0.0571. The van der Waals surface area contributed by atoms with Gasteiger partial charge in [0.2, 0.25) is 0 Å². The lowest BCUT2D eigenvalue weighted by molar-refractivity contribution is -0.136. The van der Waals surface area contributed by atoms with Gasteiger partial charge in [0.15, 0.2) is 0 Å². The van der Waals surface area contributed by atoms with Gasteiger partial charge in [-0.25, -0.2) is 0 Å². The van der Waals surface area contributed by atoms with Crippen LogP contribution in [0, 0.1) is 11.3 Å². The van der Waals surface area contributed by atoms with Crippen LogP contribution < -0.4 is 16.0 Å². The third kappa shape index (κ3) is 4.93. The largest absolute Gasteiger partial charge is 0.481 e. The number of thiophene rings is 1. The summed E-state index contributed by atoms with van der Waals surface area (Å²) in [5.41, 5.74) is 4.45. The second-order valence-electron chi connectivity index (χ2n) is 8.10. The molecule has 0 bridgehead atoms. The van der Waals surface area contributed by atoms with E-state index in [1.54, 1.807) is 11.3 Å². The average molecular weight is 447 g/mol. The van der Waals surface area contributed by atoms with Gasteiger partial charge >= 0.3 is 5.97 Å². The maximum Gasteiger partial charge on any atom is 0.307 e. The SMILES string of the molecule is C[C@@H](CN[C@H](c1ccccc1)[C@H]1CNc2cccc(C#N)c2N1)c1cc(CC(=O)O)cs1. The van der Waals surface area contributed by atoms with Crippen LogP contribution in [0.3, 0.4) is 0 Å². The molecule has 2 aromatic carbocycles. The molecular formula is C25H26N4O2S. The number of anilines is 2. The molecule has 0 unspecified atom stereocenters. The zero-order valence-electron chi connectivity index (χ0n) is 17.8. The number of aliphatic carboxylic acids is 1. The number of nitriles is 1. The van der Waals surface area contributed by atoms with Gasteiger partial charge in [-0.2, -0.15) is 5.26 Å². The Bertz CT molecular complexity index is 1120. The highest BCUT2D eigenvalue weighted by molar-refractivity contribution is 7.10. The molecule has 2 heterocycles. The molecule has 3 atom stereocenters. The van der Waals surface area contributed by atoms with Gasteiger partial charge in [-0.05, 0) is 34.7 Å². The number of carbonyl (C=O) groups is 1. The topological polar surface area (TPSA) is 97.2 Å². The molecule has 164 valence electrons. The smallest absolute Gasteiger partial charge is 0.307 e. The molecule has 0 radical (unpaired) electrons. The van der Waals surface area contributed by atoms with E-state index in [4.69, 9.17) is 5.11 Å². The molecule has 3 aromatic rings. The lowest BCUT2D eigenvalue weighted by Gasteiger charge is -2.36. The maximum absolute atomic E-state index is 11.0. The molecule has 7 heteroatoms. The highest BCUT2D eigenvalue weighted by atomic mass is 32.1. The van der Waals surface area contributed by atoms with E-state index in [0.29, 0.717) is 5.56 Å². The number of nitrogens with zero attached hydrogens (tertiary/aromatic N) is 1. The summed E-state index contributed by atoms with van der Waals surface area (Å²) in [4.78, 5) is 12.2. The molecule has 4 N–H and O–H groups in total. The predicted molar refractivity (Wildman–Crippen MR) is 128 cm³/mol. The molecule has 0 amide bonds. The third-order valence-electron chi connectivity index (χ3n) is 5.75. The summed E-state index contributed by atoms with van der Waals surface area (Å²) in [6, 6.07) is 20.4. The zero-order valence-corrected chi connectivity index (χ0v) is 18.7. The Hall–Kier alpha value is -3.34. The maximum atomic E-state index is 11.0. The monoisotopic (exact) mass is 446 g/mol. The number of hydrogen-bond acceptors (Lipinski definition) is 6. The van der Waals surface area contributed by atoms with E-state index in [9.17, 15) is 10.1 Å². The van der Waals surface area contributed by atoms with Crippen molar-refractivity contribution in [2.45, 2.75) is 31.3 Å². The summed E-state index contributed by atoms with van der Waals surface area (Å²) < 4.78 is 0. The van der Waals surface area contributed by atoms with Crippen LogP contribution in [0.1, 0.15) is 40.5 Å². The fourth-order valence-corrected chi connectivity index (χ4v) is 5.06. The summed E-state index contributed by atoms with van der Waals surface area (Å²) in [5.74, 6) is -0.565. The van der Waals surface area contributed by atoms with Gasteiger partial charge in [-0.1, -0.05) is 43.3 Å². The minimum Gasteiger partial charge on any atom is -0.481 e. The van der Waals surface area contributed by atoms with Crippen molar-refractivity contribution in [3.8, 4) is 6.07 Å². The van der Waals surface area contributed by atoms with Crippen LogP contribution in [0.25, 0.3) is 0 Å². The number of rotatable bonds is 8. The lowest BCUT2D eigenvalue weighted by Crippen LogP contribution is -2.45. The molecule has 0 fully saturated rings. The number of para-hydroxylation sites is 1. The van der Waals surface area contributed by atoms with E-state index in [1.165, 1.54) is 10.4 Å². The Kier molecular flexibility index (Phi) is 6.74. The van der Waals surface area contributed by atoms with Gasteiger partial charge in [-0.15, -0.1) is 11.3 Å². The van der Waals surface area contributed by atoms with Gasteiger partial charge in [-0.3, -0.25) is 4.79 Å². The van der Waals surface area contributed by atoms with Crippen LogP contribution >= 0.6 is 11.3 Å². The summed E-state index contributed by atoms with van der Waals surface area (Å²) in [6.45, 7) is 3.63. The molecular weight excluding hydrogens is 420 g/mol. The first-order valence-electron chi connectivity index (χ1n) is 10.7. The van der Waals surface area contributed by atoms with E-state index >= 15 is 0 Å². The second-order valence-corrected chi connectivity index (χ2v) is 9.04. The number of carboxylic acid groups (broad SMARTS) is 1. The summed E-state index contributed by atoms with van der Waals surface area (Å²) in [5, 5.41) is 31.3. The first-order chi connectivity index (χ1) is 15.5. The van der Waals surface area contributed by atoms with Gasteiger partial charge in [0.1, 0.15) is 6.07 Å². The first-order valence-corrected chi connectivity index (χ1v) is 11.5. The van der Waals surface area contributed by atoms with E-state index in [-0.39, 0.29) is 24.4 Å². The van der Waals surface area contributed by atoms with Crippen molar-refractivity contribution in [3.63, 3.8) is 0 Å². The van der Waals surface area contributed by atoms with Crippen molar-refractivity contribution in [3.05, 3.63) is 81.5 Å². The number of nitrogens with one attached hydrogen (secondary N) is 3. The average Bonchev–Trinajstić information content (AvgIpc) is 3.27. The van der Waals surface area contributed by atoms with Crippen LogP contribution in [0.4, 0.5) is 11.4 Å². The van der Waals surface area contributed by atoms with Crippen molar-refractivity contribution in [1.82, 2.24) is 5.32 Å². The van der Waals surface area contributed by atoms with Crippen molar-refractivity contribution in [2.24, 2.45) is 0 Å². The molecule has 1 aromatic heterocycles. The Balaban J connectivity index is 1.51. The van der Waals surface area contributed by atoms with Crippen LogP contribution in [0.2, 0.25) is 0 Å². The van der Waals surface area contributed by atoms with Crippen LogP contribution in [-0.4, -0.2) is 30.2 Å².